The van der Waals surface area contributed by atoms with Gasteiger partial charge in [-0.25, -0.2) is 0 Å². The minimum atomic E-state index is -0.504. The normalized spacial score (nSPS) is 17.3. The van der Waals surface area contributed by atoms with Crippen molar-refractivity contribution >= 4 is 23.4 Å². The zero-order valence-electron chi connectivity index (χ0n) is 18.5. The Bertz CT molecular complexity index is 767. The van der Waals surface area contributed by atoms with Gasteiger partial charge in [0.2, 0.25) is 5.91 Å². The summed E-state index contributed by atoms with van der Waals surface area (Å²) in [5.41, 5.74) is 3.22. The van der Waals surface area contributed by atoms with Crippen LogP contribution in [0.3, 0.4) is 0 Å². The lowest BCUT2D eigenvalue weighted by atomic mass is 9.92. The summed E-state index contributed by atoms with van der Waals surface area (Å²) in [6.07, 6.45) is 1.92. The van der Waals surface area contributed by atoms with E-state index in [4.69, 9.17) is 0 Å². The van der Waals surface area contributed by atoms with Crippen LogP contribution in [-0.2, 0) is 14.4 Å². The van der Waals surface area contributed by atoms with E-state index in [1.54, 1.807) is 4.90 Å². The van der Waals surface area contributed by atoms with Gasteiger partial charge in [0, 0.05) is 37.9 Å². The van der Waals surface area contributed by atoms with Crippen LogP contribution in [0.25, 0.3) is 0 Å². The van der Waals surface area contributed by atoms with Crippen LogP contribution >= 0.6 is 0 Å². The van der Waals surface area contributed by atoms with E-state index in [9.17, 15) is 14.4 Å². The molecule has 1 aromatic carbocycles. The van der Waals surface area contributed by atoms with Crippen LogP contribution in [-0.4, -0.2) is 66.3 Å². The van der Waals surface area contributed by atoms with Crippen molar-refractivity contribution in [3.63, 3.8) is 0 Å². The number of rotatable bonds is 6. The van der Waals surface area contributed by atoms with Crippen molar-refractivity contribution in [3.8, 4) is 0 Å². The Hall–Kier alpha value is -2.41. The number of carbonyl (C=O) groups is 3. The lowest BCUT2D eigenvalue weighted by Crippen LogP contribution is -2.53. The van der Waals surface area contributed by atoms with Gasteiger partial charge in [-0.3, -0.25) is 19.3 Å². The summed E-state index contributed by atoms with van der Waals surface area (Å²) in [5, 5.41) is 5.89. The molecular weight excluding hydrogens is 380 g/mol. The van der Waals surface area contributed by atoms with E-state index in [1.807, 2.05) is 4.90 Å². The molecule has 2 aliphatic rings. The number of carbonyl (C=O) groups excluding carboxylic acids is 3. The molecule has 3 rings (SSSR count). The molecule has 1 aromatic rings. The molecule has 1 saturated heterocycles. The largest absolute Gasteiger partial charge is 0.345 e. The fraction of sp³-hybridized carbons (Fsp3) is 0.609. The third kappa shape index (κ3) is 5.59. The van der Waals surface area contributed by atoms with E-state index in [0.717, 1.165) is 29.7 Å². The van der Waals surface area contributed by atoms with E-state index in [-0.39, 0.29) is 18.5 Å². The van der Waals surface area contributed by atoms with Crippen LogP contribution in [0.15, 0.2) is 18.2 Å². The van der Waals surface area contributed by atoms with E-state index in [2.05, 4.69) is 56.5 Å². The van der Waals surface area contributed by atoms with Crippen LogP contribution in [0.5, 0.6) is 0 Å². The van der Waals surface area contributed by atoms with Crippen molar-refractivity contribution in [1.29, 1.82) is 0 Å². The Balaban J connectivity index is 1.54. The molecule has 0 radical (unpaired) electrons. The monoisotopic (exact) mass is 414 g/mol. The average molecular weight is 415 g/mol. The standard InChI is InChI=1S/C23H34N4O3/c1-15(2)18-6-5-7-19(16(3)4)21(18)25-20(28)14-26-10-12-27(13-11-26)23(30)22(29)24-17-8-9-17/h5-7,15-17H,8-14H2,1-4H3,(H,24,29)(H,25,28). The predicted octanol–water partition coefficient (Wildman–Crippen LogP) is 2.29. The maximum atomic E-state index is 12.8. The Kier molecular flexibility index (Phi) is 7.13. The summed E-state index contributed by atoms with van der Waals surface area (Å²) < 4.78 is 0. The molecule has 0 unspecified atom stereocenters. The summed E-state index contributed by atoms with van der Waals surface area (Å²) in [6.45, 7) is 10.9. The highest BCUT2D eigenvalue weighted by molar-refractivity contribution is 6.35. The first kappa shape index (κ1) is 22.3. The maximum absolute atomic E-state index is 12.8. The summed E-state index contributed by atoms with van der Waals surface area (Å²) in [6, 6.07) is 6.37. The minimum absolute atomic E-state index is 0.0451. The molecule has 1 saturated carbocycles. The van der Waals surface area contributed by atoms with Gasteiger partial charge >= 0.3 is 11.8 Å². The van der Waals surface area contributed by atoms with Gasteiger partial charge in [-0.1, -0.05) is 45.9 Å². The molecule has 0 spiro atoms. The van der Waals surface area contributed by atoms with Crippen LogP contribution in [0, 0.1) is 0 Å². The van der Waals surface area contributed by atoms with Gasteiger partial charge in [-0.2, -0.15) is 0 Å². The van der Waals surface area contributed by atoms with Gasteiger partial charge in [0.1, 0.15) is 0 Å². The highest BCUT2D eigenvalue weighted by Crippen LogP contribution is 2.32. The third-order valence-electron chi connectivity index (χ3n) is 5.77. The Labute approximate surface area is 179 Å². The fourth-order valence-electron chi connectivity index (χ4n) is 3.80. The summed E-state index contributed by atoms with van der Waals surface area (Å²) in [4.78, 5) is 40.6. The number of hydrogen-bond acceptors (Lipinski definition) is 4. The van der Waals surface area contributed by atoms with Gasteiger partial charge in [0.05, 0.1) is 6.54 Å². The molecule has 7 heteroatoms. The zero-order valence-corrected chi connectivity index (χ0v) is 18.5. The van der Waals surface area contributed by atoms with Crippen molar-refractivity contribution in [3.05, 3.63) is 29.3 Å². The van der Waals surface area contributed by atoms with Crippen LogP contribution in [0.4, 0.5) is 5.69 Å². The Morgan fingerprint density at radius 3 is 2.03 bits per heavy atom. The second kappa shape index (κ2) is 9.60. The molecule has 164 valence electrons. The molecule has 7 nitrogen and oxygen atoms in total. The molecule has 3 amide bonds. The van der Waals surface area contributed by atoms with Gasteiger partial charge in [0.15, 0.2) is 0 Å². The number of amides is 3. The SMILES string of the molecule is CC(C)c1cccc(C(C)C)c1NC(=O)CN1CCN(C(=O)C(=O)NC2CC2)CC1. The molecule has 1 heterocycles. The summed E-state index contributed by atoms with van der Waals surface area (Å²) >= 11 is 0. The number of nitrogens with zero attached hydrogens (tertiary/aromatic N) is 2. The third-order valence-corrected chi connectivity index (χ3v) is 5.77. The molecule has 0 aromatic heterocycles. The number of para-hydroxylation sites is 1. The zero-order chi connectivity index (χ0) is 21.8. The smallest absolute Gasteiger partial charge is 0.311 e. The predicted molar refractivity (Wildman–Crippen MR) is 117 cm³/mol. The van der Waals surface area contributed by atoms with E-state index >= 15 is 0 Å². The van der Waals surface area contributed by atoms with Crippen LogP contribution < -0.4 is 10.6 Å². The molecular formula is C23H34N4O3. The first-order valence-corrected chi connectivity index (χ1v) is 11.0. The highest BCUT2D eigenvalue weighted by Gasteiger charge is 2.31. The van der Waals surface area contributed by atoms with Gasteiger partial charge in [-0.05, 0) is 35.8 Å². The van der Waals surface area contributed by atoms with Crippen LogP contribution in [0.1, 0.15) is 63.5 Å². The topological polar surface area (TPSA) is 81.8 Å². The molecule has 0 bridgehead atoms. The first-order valence-electron chi connectivity index (χ1n) is 11.0. The van der Waals surface area contributed by atoms with Crippen molar-refractivity contribution < 1.29 is 14.4 Å². The highest BCUT2D eigenvalue weighted by atomic mass is 16.2. The van der Waals surface area contributed by atoms with Gasteiger partial charge < -0.3 is 15.5 Å². The molecule has 30 heavy (non-hydrogen) atoms. The molecule has 0 atom stereocenters. The van der Waals surface area contributed by atoms with Gasteiger partial charge in [-0.15, -0.1) is 0 Å². The number of anilines is 1. The van der Waals surface area contributed by atoms with Gasteiger partial charge in [0.25, 0.3) is 0 Å². The van der Waals surface area contributed by atoms with Crippen molar-refractivity contribution in [2.45, 2.75) is 58.4 Å². The molecule has 2 fully saturated rings. The molecule has 2 N–H and O–H groups in total. The number of nitrogens with one attached hydrogen (secondary N) is 2. The van der Waals surface area contributed by atoms with E-state index in [0.29, 0.717) is 38.0 Å². The van der Waals surface area contributed by atoms with Crippen molar-refractivity contribution in [2.24, 2.45) is 0 Å². The summed E-state index contributed by atoms with van der Waals surface area (Å²) in [7, 11) is 0. The lowest BCUT2D eigenvalue weighted by molar-refractivity contribution is -0.147. The average Bonchev–Trinajstić information content (AvgIpc) is 3.51. The summed E-state index contributed by atoms with van der Waals surface area (Å²) in [5.74, 6) is -0.379. The van der Waals surface area contributed by atoms with E-state index in [1.165, 1.54) is 0 Å². The second-order valence-corrected chi connectivity index (χ2v) is 8.99. The Morgan fingerprint density at radius 1 is 0.967 bits per heavy atom. The maximum Gasteiger partial charge on any atom is 0.311 e. The first-order chi connectivity index (χ1) is 14.3. The Morgan fingerprint density at radius 2 is 1.53 bits per heavy atom. The van der Waals surface area contributed by atoms with Crippen molar-refractivity contribution in [2.75, 3.05) is 38.0 Å². The second-order valence-electron chi connectivity index (χ2n) is 8.99. The number of hydrogen-bond donors (Lipinski definition) is 2. The van der Waals surface area contributed by atoms with Crippen LogP contribution in [0.2, 0.25) is 0 Å². The minimum Gasteiger partial charge on any atom is -0.345 e. The number of benzene rings is 1. The van der Waals surface area contributed by atoms with E-state index < -0.39 is 11.8 Å². The molecule has 1 aliphatic heterocycles. The quantitative estimate of drug-likeness (QED) is 0.700. The number of piperazine rings is 1. The van der Waals surface area contributed by atoms with Crippen molar-refractivity contribution in [1.82, 2.24) is 15.1 Å². The lowest BCUT2D eigenvalue weighted by Gasteiger charge is -2.34. The fourth-order valence-corrected chi connectivity index (χ4v) is 3.80. The molecule has 1 aliphatic carbocycles.